The Bertz CT molecular complexity index is 1590. The number of alkyl halides is 1. The molecular formula is C30H33ClF2N6O3. The van der Waals surface area contributed by atoms with Gasteiger partial charge in [-0.2, -0.15) is 9.97 Å². The van der Waals surface area contributed by atoms with Crippen molar-refractivity contribution in [2.75, 3.05) is 44.7 Å². The van der Waals surface area contributed by atoms with Gasteiger partial charge in [-0.05, 0) is 68.8 Å². The van der Waals surface area contributed by atoms with Gasteiger partial charge in [0.2, 0.25) is 5.88 Å². The lowest BCUT2D eigenvalue weighted by Gasteiger charge is -2.36. The number of benzene rings is 1. The first-order chi connectivity index (χ1) is 20.3. The van der Waals surface area contributed by atoms with Gasteiger partial charge in [-0.3, -0.25) is 4.90 Å². The summed E-state index contributed by atoms with van der Waals surface area (Å²) in [5.74, 6) is 0.172. The summed E-state index contributed by atoms with van der Waals surface area (Å²) in [6.07, 6.45) is 3.76. The molecule has 2 aromatic heterocycles. The highest BCUT2D eigenvalue weighted by atomic mass is 35.5. The zero-order valence-electron chi connectivity index (χ0n) is 23.4. The second-order valence-corrected chi connectivity index (χ2v) is 12.9. The third-order valence-corrected chi connectivity index (χ3v) is 10.1. The highest BCUT2D eigenvalue weighted by Crippen LogP contribution is 2.50. The van der Waals surface area contributed by atoms with Crippen molar-refractivity contribution < 1.29 is 23.4 Å². The molecule has 1 aliphatic carbocycles. The Morgan fingerprint density at radius 2 is 2.10 bits per heavy atom. The maximum absolute atomic E-state index is 16.7. The van der Waals surface area contributed by atoms with Gasteiger partial charge in [-0.1, -0.05) is 11.6 Å². The lowest BCUT2D eigenvalue weighted by atomic mass is 9.95. The molecule has 5 aliphatic rings. The predicted molar refractivity (Wildman–Crippen MR) is 154 cm³/mol. The molecule has 0 amide bonds. The fourth-order valence-corrected chi connectivity index (χ4v) is 7.97. The molecule has 9 nitrogen and oxygen atoms in total. The van der Waals surface area contributed by atoms with Gasteiger partial charge < -0.3 is 24.8 Å². The lowest BCUT2D eigenvalue weighted by Crippen LogP contribution is -2.53. The van der Waals surface area contributed by atoms with E-state index < -0.39 is 17.5 Å². The Kier molecular flexibility index (Phi) is 6.18. The highest BCUT2D eigenvalue weighted by molar-refractivity contribution is 6.32. The molecule has 4 atom stereocenters. The van der Waals surface area contributed by atoms with E-state index in [-0.39, 0.29) is 53.5 Å². The minimum absolute atomic E-state index is 0.0225. The molecule has 3 saturated heterocycles. The minimum atomic E-state index is -0.889. The van der Waals surface area contributed by atoms with Crippen LogP contribution in [0.2, 0.25) is 5.02 Å². The predicted octanol–water partition coefficient (Wildman–Crippen LogP) is 4.58. The molecule has 12 heteroatoms. The van der Waals surface area contributed by atoms with E-state index in [2.05, 4.69) is 15.2 Å². The molecule has 2 unspecified atom stereocenters. The van der Waals surface area contributed by atoms with Crippen molar-refractivity contribution in [2.45, 2.75) is 68.3 Å². The Hall–Kier alpha value is -3.02. The third kappa shape index (κ3) is 4.18. The summed E-state index contributed by atoms with van der Waals surface area (Å²) in [6.45, 7) is 2.89. The van der Waals surface area contributed by atoms with Gasteiger partial charge in [0.05, 0.1) is 11.6 Å². The van der Waals surface area contributed by atoms with E-state index in [0.29, 0.717) is 41.3 Å². The summed E-state index contributed by atoms with van der Waals surface area (Å²) < 4.78 is 43.9. The van der Waals surface area contributed by atoms with E-state index in [0.717, 1.165) is 50.8 Å². The number of halogens is 3. The highest BCUT2D eigenvalue weighted by Gasteiger charge is 2.49. The largest absolute Gasteiger partial charge is 0.508 e. The van der Waals surface area contributed by atoms with Crippen LogP contribution < -0.4 is 19.7 Å². The molecule has 1 saturated carbocycles. The average Bonchev–Trinajstić information content (AvgIpc) is 3.67. The fourth-order valence-electron chi connectivity index (χ4n) is 7.60. The summed E-state index contributed by atoms with van der Waals surface area (Å²) in [5, 5.41) is 14.6. The van der Waals surface area contributed by atoms with E-state index in [1.807, 2.05) is 11.9 Å². The zero-order valence-corrected chi connectivity index (χ0v) is 24.1. The summed E-state index contributed by atoms with van der Waals surface area (Å²) >= 11 is 6.59. The average molecular weight is 599 g/mol. The minimum Gasteiger partial charge on any atom is -0.508 e. The smallest absolute Gasteiger partial charge is 0.319 e. The van der Waals surface area contributed by atoms with E-state index in [1.165, 1.54) is 12.1 Å². The number of aromatic nitrogens is 3. The van der Waals surface area contributed by atoms with Gasteiger partial charge in [0.25, 0.3) is 0 Å². The lowest BCUT2D eigenvalue weighted by molar-refractivity contribution is 0.107. The number of pyridine rings is 1. The Balaban J connectivity index is 1.29. The number of ether oxygens (including phenoxy) is 2. The van der Waals surface area contributed by atoms with Gasteiger partial charge in [0, 0.05) is 37.1 Å². The molecular weight excluding hydrogens is 566 g/mol. The van der Waals surface area contributed by atoms with Gasteiger partial charge >= 0.3 is 6.01 Å². The number of anilines is 1. The van der Waals surface area contributed by atoms with Crippen molar-refractivity contribution in [3.05, 3.63) is 28.5 Å². The van der Waals surface area contributed by atoms with Gasteiger partial charge in [-0.25, -0.2) is 13.8 Å². The summed E-state index contributed by atoms with van der Waals surface area (Å²) in [4.78, 5) is 18.3. The number of phenolic OH excluding ortho intramolecular Hbond substituents is 1. The van der Waals surface area contributed by atoms with Crippen LogP contribution in [0.1, 0.15) is 50.0 Å². The number of fused-ring (bicyclic) bond motifs is 2. The van der Waals surface area contributed by atoms with Crippen molar-refractivity contribution >= 4 is 28.3 Å². The van der Waals surface area contributed by atoms with Crippen LogP contribution >= 0.6 is 11.6 Å². The Labute approximate surface area is 247 Å². The molecule has 1 aromatic carbocycles. The quantitative estimate of drug-likeness (QED) is 0.437. The molecule has 0 bridgehead atoms. The SMILES string of the molecule is CN1c2nc(OC[C@@]34CCCN3C[C@H](F)C4)nc3c(F)c(-c4cc(O)cc(Cl)c4C4CC4)nc(c23)OC2CNCCC21. The van der Waals surface area contributed by atoms with Gasteiger partial charge in [0.15, 0.2) is 5.82 Å². The van der Waals surface area contributed by atoms with E-state index in [9.17, 15) is 9.50 Å². The molecule has 42 heavy (non-hydrogen) atoms. The van der Waals surface area contributed by atoms with Crippen LogP contribution in [0.3, 0.4) is 0 Å². The standard InChI is InChI=1S/C30H33ClF2N6O3/c1-38-20-5-7-34-12-21(20)42-28-23-26(24(33)25(35-28)18-9-17(40)10-19(31)22(18)15-3-4-15)36-29(37-27(23)38)41-14-30-6-2-8-39(30)13-16(32)11-30/h9-10,15-16,20-21,34,40H,2-8,11-14H2,1H3/t16-,20?,21?,30+/m1/s1. The fraction of sp³-hybridized carbons (Fsp3) is 0.567. The van der Waals surface area contributed by atoms with Crippen molar-refractivity contribution in [3.63, 3.8) is 0 Å². The third-order valence-electron chi connectivity index (χ3n) is 9.78. The van der Waals surface area contributed by atoms with Crippen LogP contribution in [-0.4, -0.2) is 88.6 Å². The molecule has 4 aliphatic heterocycles. The number of rotatable bonds is 5. The van der Waals surface area contributed by atoms with Crippen LogP contribution in [0.15, 0.2) is 12.1 Å². The second kappa shape index (κ2) is 9.75. The van der Waals surface area contributed by atoms with E-state index in [4.69, 9.17) is 31.0 Å². The Morgan fingerprint density at radius 1 is 1.24 bits per heavy atom. The van der Waals surface area contributed by atoms with Crippen LogP contribution in [0, 0.1) is 5.82 Å². The number of aromatic hydroxyl groups is 1. The van der Waals surface area contributed by atoms with Crippen LogP contribution in [0.5, 0.6) is 17.6 Å². The zero-order chi connectivity index (χ0) is 28.7. The summed E-state index contributed by atoms with van der Waals surface area (Å²) in [7, 11) is 1.93. The number of nitrogens with one attached hydrogen (secondary N) is 1. The van der Waals surface area contributed by atoms with Crippen molar-refractivity contribution in [1.82, 2.24) is 25.2 Å². The molecule has 8 rings (SSSR count). The second-order valence-electron chi connectivity index (χ2n) is 12.5. The number of hydrogen-bond acceptors (Lipinski definition) is 9. The van der Waals surface area contributed by atoms with Crippen LogP contribution in [0.4, 0.5) is 14.6 Å². The van der Waals surface area contributed by atoms with Crippen molar-refractivity contribution in [2.24, 2.45) is 0 Å². The molecule has 6 heterocycles. The Morgan fingerprint density at radius 3 is 2.93 bits per heavy atom. The molecule has 2 N–H and O–H groups in total. The van der Waals surface area contributed by atoms with Crippen molar-refractivity contribution in [3.8, 4) is 28.9 Å². The van der Waals surface area contributed by atoms with Gasteiger partial charge in [-0.15, -0.1) is 0 Å². The maximum atomic E-state index is 16.7. The number of phenols is 1. The maximum Gasteiger partial charge on any atom is 0.319 e. The molecule has 0 spiro atoms. The monoisotopic (exact) mass is 598 g/mol. The molecule has 0 radical (unpaired) electrons. The molecule has 4 fully saturated rings. The normalized spacial score (nSPS) is 28.9. The summed E-state index contributed by atoms with van der Waals surface area (Å²) in [6, 6.07) is 3.01. The first-order valence-electron chi connectivity index (χ1n) is 14.9. The number of piperidine rings is 1. The summed E-state index contributed by atoms with van der Waals surface area (Å²) in [5.41, 5.74) is 0.856. The first-order valence-corrected chi connectivity index (χ1v) is 15.3. The van der Waals surface area contributed by atoms with Crippen LogP contribution in [0.25, 0.3) is 22.2 Å². The van der Waals surface area contributed by atoms with Gasteiger partial charge in [0.1, 0.15) is 47.0 Å². The topological polar surface area (TPSA) is 95.9 Å². The van der Waals surface area contributed by atoms with Crippen LogP contribution in [-0.2, 0) is 0 Å². The molecule has 222 valence electrons. The number of nitrogens with zero attached hydrogens (tertiary/aromatic N) is 5. The van der Waals surface area contributed by atoms with E-state index >= 15 is 4.39 Å². The number of hydrogen-bond donors (Lipinski definition) is 2. The number of likely N-dealkylation sites (N-methyl/N-ethyl adjacent to an activating group) is 1. The molecule has 3 aromatic rings. The van der Waals surface area contributed by atoms with E-state index in [1.54, 1.807) is 0 Å². The first kappa shape index (κ1) is 26.6. The van der Waals surface area contributed by atoms with Crippen molar-refractivity contribution in [1.29, 1.82) is 0 Å².